The second-order valence-electron chi connectivity index (χ2n) is 12.9. The summed E-state index contributed by atoms with van der Waals surface area (Å²) in [5.41, 5.74) is 5.29. The molecule has 4 heteroatoms. The third kappa shape index (κ3) is 5.27. The van der Waals surface area contributed by atoms with Crippen molar-refractivity contribution in [3.63, 3.8) is 0 Å². The van der Waals surface area contributed by atoms with E-state index in [0.717, 1.165) is 45.4 Å². The van der Waals surface area contributed by atoms with E-state index in [1.807, 2.05) is 0 Å². The van der Waals surface area contributed by atoms with Gasteiger partial charge in [-0.1, -0.05) is 83.1 Å². The first-order valence-electron chi connectivity index (χ1n) is 11.5. The van der Waals surface area contributed by atoms with Crippen molar-refractivity contribution in [3.05, 3.63) is 34.6 Å². The van der Waals surface area contributed by atoms with Gasteiger partial charge in [-0.2, -0.15) is 0 Å². The Balaban J connectivity index is 3.14. The summed E-state index contributed by atoms with van der Waals surface area (Å²) in [4.78, 5) is 10.3. The molecular formula is C28H44N2O2. The van der Waals surface area contributed by atoms with Crippen molar-refractivity contribution in [2.75, 3.05) is 14.2 Å². The number of rotatable bonds is 3. The standard InChI is InChI=1S/C28H44N2O2/c1-25(2,3)17-15-19(27(7,8)9)29-21(23(17)31-13)22-24(32-14)18(26(4,5)6)16-20(30-22)28(10,11)12/h15-16H,1-14H3. The molecule has 0 atom stereocenters. The number of nitrogens with zero attached hydrogens (tertiary/aromatic N) is 2. The number of methoxy groups -OCH3 is 2. The van der Waals surface area contributed by atoms with Crippen LogP contribution >= 0.6 is 0 Å². The molecule has 0 N–H and O–H groups in total. The molecule has 0 saturated carbocycles. The van der Waals surface area contributed by atoms with Crippen LogP contribution in [0.5, 0.6) is 11.5 Å². The first-order valence-corrected chi connectivity index (χ1v) is 11.5. The van der Waals surface area contributed by atoms with Gasteiger partial charge in [-0.25, -0.2) is 9.97 Å². The second-order valence-corrected chi connectivity index (χ2v) is 12.9. The van der Waals surface area contributed by atoms with Crippen LogP contribution < -0.4 is 9.47 Å². The Kier molecular flexibility index (Phi) is 6.83. The minimum Gasteiger partial charge on any atom is -0.494 e. The fraction of sp³-hybridized carbons (Fsp3) is 0.643. The molecule has 2 aromatic rings. The molecule has 0 amide bonds. The zero-order valence-electron chi connectivity index (χ0n) is 22.9. The predicted octanol–water partition coefficient (Wildman–Crippen LogP) is 7.35. The lowest BCUT2D eigenvalue weighted by molar-refractivity contribution is 0.387. The second kappa shape index (κ2) is 8.35. The van der Waals surface area contributed by atoms with Gasteiger partial charge in [0.15, 0.2) is 11.5 Å². The summed E-state index contributed by atoms with van der Waals surface area (Å²) in [5, 5.41) is 0. The van der Waals surface area contributed by atoms with E-state index < -0.39 is 0 Å². The predicted molar refractivity (Wildman–Crippen MR) is 135 cm³/mol. The highest BCUT2D eigenvalue weighted by Gasteiger charge is 2.33. The number of hydrogen-bond acceptors (Lipinski definition) is 4. The van der Waals surface area contributed by atoms with Crippen LogP contribution in [0.2, 0.25) is 0 Å². The molecule has 0 aliphatic carbocycles. The van der Waals surface area contributed by atoms with E-state index >= 15 is 0 Å². The minimum absolute atomic E-state index is 0.120. The summed E-state index contributed by atoms with van der Waals surface area (Å²) in [6, 6.07) is 4.38. The summed E-state index contributed by atoms with van der Waals surface area (Å²) in [7, 11) is 3.44. The highest BCUT2D eigenvalue weighted by Crippen LogP contribution is 2.46. The van der Waals surface area contributed by atoms with Gasteiger partial charge in [-0.3, -0.25) is 0 Å². The quantitative estimate of drug-likeness (QED) is 0.500. The zero-order chi connectivity index (χ0) is 24.9. The average Bonchev–Trinajstić information content (AvgIpc) is 2.62. The molecule has 0 spiro atoms. The summed E-state index contributed by atoms with van der Waals surface area (Å²) >= 11 is 0. The van der Waals surface area contributed by atoms with Gasteiger partial charge < -0.3 is 9.47 Å². The smallest absolute Gasteiger partial charge is 0.150 e. The van der Waals surface area contributed by atoms with E-state index in [9.17, 15) is 0 Å². The Hall–Kier alpha value is -2.10. The van der Waals surface area contributed by atoms with Crippen LogP contribution in [0, 0.1) is 0 Å². The molecule has 0 aliphatic rings. The van der Waals surface area contributed by atoms with Crippen LogP contribution in [0.4, 0.5) is 0 Å². The topological polar surface area (TPSA) is 44.2 Å². The maximum Gasteiger partial charge on any atom is 0.150 e. The Morgan fingerprint density at radius 3 is 0.969 bits per heavy atom. The van der Waals surface area contributed by atoms with Crippen molar-refractivity contribution >= 4 is 0 Å². The van der Waals surface area contributed by atoms with E-state index in [0.29, 0.717) is 0 Å². The molecule has 0 aromatic carbocycles. The number of ether oxygens (including phenoxy) is 2. The Bertz CT molecular complexity index is 897. The van der Waals surface area contributed by atoms with Gasteiger partial charge in [-0.05, 0) is 23.0 Å². The molecule has 0 unspecified atom stereocenters. The average molecular weight is 441 g/mol. The molecular weight excluding hydrogens is 396 g/mol. The molecule has 2 heterocycles. The van der Waals surface area contributed by atoms with E-state index in [1.165, 1.54) is 0 Å². The summed E-state index contributed by atoms with van der Waals surface area (Å²) in [6.45, 7) is 26.4. The van der Waals surface area contributed by atoms with Gasteiger partial charge in [0, 0.05) is 33.3 Å². The fourth-order valence-electron chi connectivity index (χ4n) is 3.68. The molecule has 32 heavy (non-hydrogen) atoms. The largest absolute Gasteiger partial charge is 0.494 e. The first kappa shape index (κ1) is 26.2. The number of pyridine rings is 2. The van der Waals surface area contributed by atoms with Crippen molar-refractivity contribution in [2.45, 2.75) is 105 Å². The molecule has 2 aromatic heterocycles. The number of aromatic nitrogens is 2. The van der Waals surface area contributed by atoms with E-state index in [4.69, 9.17) is 19.4 Å². The zero-order valence-corrected chi connectivity index (χ0v) is 22.9. The van der Waals surface area contributed by atoms with Gasteiger partial charge in [0.05, 0.1) is 14.2 Å². The Morgan fingerprint density at radius 2 is 0.781 bits per heavy atom. The van der Waals surface area contributed by atoms with Crippen molar-refractivity contribution in [2.24, 2.45) is 0 Å². The Morgan fingerprint density at radius 1 is 0.500 bits per heavy atom. The van der Waals surface area contributed by atoms with Gasteiger partial charge in [0.25, 0.3) is 0 Å². The third-order valence-corrected chi connectivity index (χ3v) is 5.73. The van der Waals surface area contributed by atoms with Gasteiger partial charge in [-0.15, -0.1) is 0 Å². The summed E-state index contributed by atoms with van der Waals surface area (Å²) in [5.74, 6) is 1.53. The van der Waals surface area contributed by atoms with Crippen molar-refractivity contribution < 1.29 is 9.47 Å². The molecule has 4 nitrogen and oxygen atoms in total. The monoisotopic (exact) mass is 440 g/mol. The molecule has 0 bridgehead atoms. The van der Waals surface area contributed by atoms with Crippen LogP contribution in [-0.2, 0) is 21.7 Å². The van der Waals surface area contributed by atoms with Crippen LogP contribution in [0.3, 0.4) is 0 Å². The molecule has 0 radical (unpaired) electrons. The fourth-order valence-corrected chi connectivity index (χ4v) is 3.68. The van der Waals surface area contributed by atoms with Gasteiger partial charge in [0.2, 0.25) is 0 Å². The third-order valence-electron chi connectivity index (χ3n) is 5.73. The SMILES string of the molecule is COc1c(C(C)(C)C)cc(C(C)(C)C)nc1-c1nc(C(C)(C)C)cc(C(C)(C)C)c1OC. The summed E-state index contributed by atoms with van der Waals surface area (Å²) < 4.78 is 12.0. The van der Waals surface area contributed by atoms with Crippen molar-refractivity contribution in [1.82, 2.24) is 9.97 Å². The Labute approximate surface area is 196 Å². The molecule has 0 fully saturated rings. The lowest BCUT2D eigenvalue weighted by Gasteiger charge is -2.30. The molecule has 0 aliphatic heterocycles. The molecule has 178 valence electrons. The van der Waals surface area contributed by atoms with Crippen molar-refractivity contribution in [1.29, 1.82) is 0 Å². The van der Waals surface area contributed by atoms with Crippen LogP contribution in [0.25, 0.3) is 11.4 Å². The van der Waals surface area contributed by atoms with Crippen molar-refractivity contribution in [3.8, 4) is 22.9 Å². The van der Waals surface area contributed by atoms with Gasteiger partial charge in [0.1, 0.15) is 11.4 Å². The van der Waals surface area contributed by atoms with E-state index in [2.05, 4.69) is 95.2 Å². The van der Waals surface area contributed by atoms with Crippen LogP contribution in [-0.4, -0.2) is 24.2 Å². The minimum atomic E-state index is -0.122. The summed E-state index contributed by atoms with van der Waals surface area (Å²) in [6.07, 6.45) is 0. The van der Waals surface area contributed by atoms with Crippen LogP contribution in [0.15, 0.2) is 12.1 Å². The highest BCUT2D eigenvalue weighted by atomic mass is 16.5. The first-order chi connectivity index (χ1) is 14.3. The lowest BCUT2D eigenvalue weighted by Crippen LogP contribution is -2.22. The lowest BCUT2D eigenvalue weighted by atomic mass is 9.80. The number of hydrogen-bond donors (Lipinski definition) is 0. The van der Waals surface area contributed by atoms with E-state index in [1.54, 1.807) is 14.2 Å². The van der Waals surface area contributed by atoms with Crippen LogP contribution in [0.1, 0.15) is 106 Å². The highest BCUT2D eigenvalue weighted by molar-refractivity contribution is 5.74. The van der Waals surface area contributed by atoms with Gasteiger partial charge >= 0.3 is 0 Å². The maximum absolute atomic E-state index is 6.02. The molecule has 2 rings (SSSR count). The van der Waals surface area contributed by atoms with E-state index in [-0.39, 0.29) is 21.7 Å². The maximum atomic E-state index is 6.02. The molecule has 0 saturated heterocycles. The normalized spacial score (nSPS) is 13.3.